The van der Waals surface area contributed by atoms with Crippen molar-refractivity contribution in [3.63, 3.8) is 0 Å². The summed E-state index contributed by atoms with van der Waals surface area (Å²) in [5.74, 6) is 0.939. The molecular weight excluding hydrogens is 264 g/mol. The molecule has 20 heavy (non-hydrogen) atoms. The molecule has 0 radical (unpaired) electrons. The molecule has 1 atom stereocenters. The van der Waals surface area contributed by atoms with Gasteiger partial charge in [-0.15, -0.1) is 11.3 Å². The number of thiophene rings is 1. The lowest BCUT2D eigenvalue weighted by Crippen LogP contribution is -2.12. The van der Waals surface area contributed by atoms with Crippen LogP contribution in [0.5, 0.6) is 0 Å². The van der Waals surface area contributed by atoms with Gasteiger partial charge in [0.1, 0.15) is 5.82 Å². The summed E-state index contributed by atoms with van der Waals surface area (Å²) in [6.07, 6.45) is 1.97. The molecule has 0 bridgehead atoms. The quantitative estimate of drug-likeness (QED) is 0.836. The van der Waals surface area contributed by atoms with Gasteiger partial charge in [-0.25, -0.2) is 4.98 Å². The summed E-state index contributed by atoms with van der Waals surface area (Å²) in [6, 6.07) is 6.79. The van der Waals surface area contributed by atoms with E-state index < -0.39 is 0 Å². The minimum atomic E-state index is 0.151. The van der Waals surface area contributed by atoms with Crippen LogP contribution >= 0.6 is 11.3 Å². The lowest BCUT2D eigenvalue weighted by atomic mass is 9.88. The Morgan fingerprint density at radius 3 is 2.35 bits per heavy atom. The van der Waals surface area contributed by atoms with Crippen LogP contribution in [0.15, 0.2) is 24.4 Å². The van der Waals surface area contributed by atoms with Gasteiger partial charge in [0.05, 0.1) is 6.04 Å². The van der Waals surface area contributed by atoms with E-state index >= 15 is 0 Å². The zero-order valence-corrected chi connectivity index (χ0v) is 14.1. The highest BCUT2D eigenvalue weighted by atomic mass is 32.1. The van der Waals surface area contributed by atoms with Crippen LogP contribution < -0.4 is 5.32 Å². The zero-order valence-electron chi connectivity index (χ0n) is 13.2. The average Bonchev–Trinajstić information content (AvgIpc) is 2.68. The van der Waals surface area contributed by atoms with Crippen molar-refractivity contribution in [2.45, 2.75) is 53.0 Å². The second-order valence-corrected chi connectivity index (χ2v) is 7.88. The molecule has 2 rings (SSSR count). The molecule has 0 saturated carbocycles. The number of nitrogens with zero attached hydrogens (tertiary/aromatic N) is 1. The van der Waals surface area contributed by atoms with Crippen molar-refractivity contribution in [1.82, 2.24) is 4.98 Å². The van der Waals surface area contributed by atoms with Gasteiger partial charge in [0, 0.05) is 16.0 Å². The van der Waals surface area contributed by atoms with Crippen molar-refractivity contribution in [3.8, 4) is 0 Å². The highest BCUT2D eigenvalue weighted by molar-refractivity contribution is 7.12. The first-order chi connectivity index (χ1) is 9.27. The molecule has 0 aromatic carbocycles. The molecule has 0 aliphatic rings. The third kappa shape index (κ3) is 3.40. The van der Waals surface area contributed by atoms with Crippen molar-refractivity contribution >= 4 is 17.2 Å². The van der Waals surface area contributed by atoms with Crippen LogP contribution in [0.2, 0.25) is 0 Å². The summed E-state index contributed by atoms with van der Waals surface area (Å²) in [6.45, 7) is 13.1. The van der Waals surface area contributed by atoms with E-state index in [4.69, 9.17) is 0 Å². The first kappa shape index (κ1) is 15.0. The fraction of sp³-hybridized carbons (Fsp3) is 0.471. The van der Waals surface area contributed by atoms with Crippen LogP contribution in [0, 0.1) is 13.8 Å². The minimum absolute atomic E-state index is 0.151. The Kier molecular flexibility index (Phi) is 4.19. The molecule has 3 heteroatoms. The Morgan fingerprint density at radius 1 is 1.20 bits per heavy atom. The van der Waals surface area contributed by atoms with E-state index in [0.717, 1.165) is 5.82 Å². The van der Waals surface area contributed by atoms with E-state index in [1.54, 1.807) is 0 Å². The Labute approximate surface area is 126 Å². The van der Waals surface area contributed by atoms with E-state index in [0.29, 0.717) is 0 Å². The van der Waals surface area contributed by atoms with Gasteiger partial charge in [-0.3, -0.25) is 0 Å². The molecule has 0 fully saturated rings. The third-order valence-electron chi connectivity index (χ3n) is 3.54. The van der Waals surface area contributed by atoms with E-state index in [9.17, 15) is 0 Å². The summed E-state index contributed by atoms with van der Waals surface area (Å²) in [4.78, 5) is 7.29. The van der Waals surface area contributed by atoms with Crippen LogP contribution in [-0.2, 0) is 5.41 Å². The molecule has 108 valence electrons. The van der Waals surface area contributed by atoms with Crippen LogP contribution in [-0.4, -0.2) is 4.98 Å². The fourth-order valence-electron chi connectivity index (χ4n) is 2.30. The summed E-state index contributed by atoms with van der Waals surface area (Å²) < 4.78 is 0. The molecule has 0 aliphatic heterocycles. The van der Waals surface area contributed by atoms with Crippen LogP contribution in [0.1, 0.15) is 54.6 Å². The molecule has 0 saturated heterocycles. The van der Waals surface area contributed by atoms with Crippen LogP contribution in [0.25, 0.3) is 0 Å². The van der Waals surface area contributed by atoms with E-state index in [1.807, 2.05) is 17.5 Å². The van der Waals surface area contributed by atoms with Crippen LogP contribution in [0.4, 0.5) is 5.82 Å². The van der Waals surface area contributed by atoms with Gasteiger partial charge < -0.3 is 5.32 Å². The van der Waals surface area contributed by atoms with Gasteiger partial charge >= 0.3 is 0 Å². The number of anilines is 1. The standard InChI is InChI=1S/C17H24N2S/c1-11-9-15(13(3)20-11)12(2)19-16-8-7-14(10-18-16)17(4,5)6/h7-10,12H,1-6H3,(H,18,19). The predicted octanol–water partition coefficient (Wildman–Crippen LogP) is 5.23. The first-order valence-electron chi connectivity index (χ1n) is 7.07. The molecular formula is C17H24N2S. The molecule has 2 heterocycles. The Hall–Kier alpha value is -1.35. The Bertz CT molecular complexity index is 576. The van der Waals surface area contributed by atoms with Gasteiger partial charge in [0.15, 0.2) is 0 Å². The predicted molar refractivity (Wildman–Crippen MR) is 88.8 cm³/mol. The summed E-state index contributed by atoms with van der Waals surface area (Å²) in [5.41, 5.74) is 2.78. The lowest BCUT2D eigenvalue weighted by molar-refractivity contribution is 0.587. The monoisotopic (exact) mass is 288 g/mol. The molecule has 1 N–H and O–H groups in total. The normalized spacial score (nSPS) is 13.3. The number of aryl methyl sites for hydroxylation is 2. The molecule has 2 nitrogen and oxygen atoms in total. The highest BCUT2D eigenvalue weighted by Crippen LogP contribution is 2.28. The smallest absolute Gasteiger partial charge is 0.126 e. The minimum Gasteiger partial charge on any atom is -0.364 e. The molecule has 1 unspecified atom stereocenters. The number of aromatic nitrogens is 1. The van der Waals surface area contributed by atoms with Crippen molar-refractivity contribution in [3.05, 3.63) is 45.3 Å². The maximum absolute atomic E-state index is 4.54. The Balaban J connectivity index is 2.12. The molecule has 0 amide bonds. The van der Waals surface area contributed by atoms with E-state index in [1.165, 1.54) is 20.9 Å². The number of nitrogens with one attached hydrogen (secondary N) is 1. The maximum atomic E-state index is 4.54. The van der Waals surface area contributed by atoms with Crippen molar-refractivity contribution < 1.29 is 0 Å². The molecule has 2 aromatic rings. The molecule has 0 aliphatic carbocycles. The van der Waals surface area contributed by atoms with Crippen molar-refractivity contribution in [2.75, 3.05) is 5.32 Å². The number of pyridine rings is 1. The highest BCUT2D eigenvalue weighted by Gasteiger charge is 2.15. The third-order valence-corrected chi connectivity index (χ3v) is 4.52. The first-order valence-corrected chi connectivity index (χ1v) is 7.89. The average molecular weight is 288 g/mol. The maximum Gasteiger partial charge on any atom is 0.126 e. The van der Waals surface area contributed by atoms with Crippen LogP contribution in [0.3, 0.4) is 0 Å². The van der Waals surface area contributed by atoms with E-state index in [-0.39, 0.29) is 11.5 Å². The Morgan fingerprint density at radius 2 is 1.90 bits per heavy atom. The fourth-order valence-corrected chi connectivity index (χ4v) is 3.33. The second-order valence-electron chi connectivity index (χ2n) is 6.42. The topological polar surface area (TPSA) is 24.9 Å². The van der Waals surface area contributed by atoms with Gasteiger partial charge in [0.25, 0.3) is 0 Å². The second kappa shape index (κ2) is 5.57. The summed E-state index contributed by atoms with van der Waals surface area (Å²) >= 11 is 1.85. The van der Waals surface area contributed by atoms with Crippen molar-refractivity contribution in [2.24, 2.45) is 0 Å². The number of hydrogen-bond donors (Lipinski definition) is 1. The summed E-state index contributed by atoms with van der Waals surface area (Å²) in [5, 5.41) is 3.49. The molecule has 0 spiro atoms. The summed E-state index contributed by atoms with van der Waals surface area (Å²) in [7, 11) is 0. The number of rotatable bonds is 3. The lowest BCUT2D eigenvalue weighted by Gasteiger charge is -2.20. The van der Waals surface area contributed by atoms with Gasteiger partial charge in [-0.1, -0.05) is 26.8 Å². The van der Waals surface area contributed by atoms with Gasteiger partial charge in [-0.2, -0.15) is 0 Å². The van der Waals surface area contributed by atoms with Gasteiger partial charge in [0.2, 0.25) is 0 Å². The SMILES string of the molecule is Cc1cc(C(C)Nc2ccc(C(C)(C)C)cn2)c(C)s1. The molecule has 2 aromatic heterocycles. The van der Waals surface area contributed by atoms with Crippen molar-refractivity contribution in [1.29, 1.82) is 0 Å². The zero-order chi connectivity index (χ0) is 14.9. The number of hydrogen-bond acceptors (Lipinski definition) is 3. The largest absolute Gasteiger partial charge is 0.364 e. The van der Waals surface area contributed by atoms with E-state index in [2.05, 4.69) is 70.0 Å². The van der Waals surface area contributed by atoms with Gasteiger partial charge in [-0.05, 0) is 49.4 Å².